The van der Waals surface area contributed by atoms with Gasteiger partial charge in [-0.15, -0.1) is 11.8 Å². The smallest absolute Gasteiger partial charge is 0.169 e. The molecular weight excluding hydrogens is 212 g/mol. The van der Waals surface area contributed by atoms with Crippen molar-refractivity contribution in [2.24, 2.45) is 10.4 Å². The van der Waals surface area contributed by atoms with E-state index in [9.17, 15) is 0 Å². The molecule has 0 bridgehead atoms. The minimum absolute atomic E-state index is 0.229. The van der Waals surface area contributed by atoms with Crippen molar-refractivity contribution in [3.05, 3.63) is 9.93 Å². The van der Waals surface area contributed by atoms with Gasteiger partial charge in [0, 0.05) is 17.7 Å². The van der Waals surface area contributed by atoms with Gasteiger partial charge in [-0.25, -0.2) is 0 Å². The largest absolute Gasteiger partial charge is 0.321 e. The number of thioether (sulfide) groups is 2. The summed E-state index contributed by atoms with van der Waals surface area (Å²) in [4.78, 5) is 6.90. The number of fused-ring (bicyclic) bond motifs is 1. The van der Waals surface area contributed by atoms with Gasteiger partial charge in [0.05, 0.1) is 10.8 Å². The van der Waals surface area contributed by atoms with Crippen molar-refractivity contribution in [1.82, 2.24) is 4.90 Å². The van der Waals surface area contributed by atoms with Gasteiger partial charge in [-0.05, 0) is 18.0 Å². The number of hydrogen-bond acceptors (Lipinski definition) is 4. The van der Waals surface area contributed by atoms with Gasteiger partial charge in [-0.3, -0.25) is 4.99 Å². The van der Waals surface area contributed by atoms with Crippen molar-refractivity contribution in [1.29, 1.82) is 0 Å². The van der Waals surface area contributed by atoms with Crippen LogP contribution in [0.1, 0.15) is 20.8 Å². The topological polar surface area (TPSA) is 15.6 Å². The van der Waals surface area contributed by atoms with Gasteiger partial charge >= 0.3 is 0 Å². The Morgan fingerprint density at radius 1 is 1.43 bits per heavy atom. The molecule has 0 fully saturated rings. The fourth-order valence-corrected chi connectivity index (χ4v) is 4.11. The summed E-state index contributed by atoms with van der Waals surface area (Å²) in [6.07, 6.45) is 2.15. The molecule has 0 unspecified atom stereocenters. The first-order valence-electron chi connectivity index (χ1n) is 4.82. The normalized spacial score (nSPS) is 21.7. The molecule has 0 N–H and O–H groups in total. The van der Waals surface area contributed by atoms with Crippen molar-refractivity contribution < 1.29 is 0 Å². The van der Waals surface area contributed by atoms with E-state index in [0.717, 1.165) is 13.1 Å². The maximum Gasteiger partial charge on any atom is 0.169 e. The van der Waals surface area contributed by atoms with E-state index in [1.165, 1.54) is 15.1 Å². The maximum atomic E-state index is 4.51. The van der Waals surface area contributed by atoms with Crippen LogP contribution >= 0.6 is 23.5 Å². The van der Waals surface area contributed by atoms with Crippen LogP contribution in [0.4, 0.5) is 0 Å². The molecule has 2 aliphatic rings. The fourth-order valence-electron chi connectivity index (χ4n) is 1.81. The van der Waals surface area contributed by atoms with Gasteiger partial charge < -0.3 is 4.90 Å². The van der Waals surface area contributed by atoms with Crippen LogP contribution in [-0.2, 0) is 0 Å². The van der Waals surface area contributed by atoms with Crippen LogP contribution in [0.3, 0.4) is 0 Å². The van der Waals surface area contributed by atoms with Crippen LogP contribution in [0.25, 0.3) is 0 Å². The quantitative estimate of drug-likeness (QED) is 0.686. The van der Waals surface area contributed by atoms with Gasteiger partial charge in [-0.2, -0.15) is 0 Å². The van der Waals surface area contributed by atoms with Gasteiger partial charge in [0.25, 0.3) is 0 Å². The lowest BCUT2D eigenvalue weighted by molar-refractivity contribution is 0.385. The highest BCUT2D eigenvalue weighted by atomic mass is 32.2. The van der Waals surface area contributed by atoms with E-state index in [4.69, 9.17) is 0 Å². The van der Waals surface area contributed by atoms with Crippen LogP contribution in [-0.4, -0.2) is 29.4 Å². The number of allylic oxidation sites excluding steroid dienone is 1. The Labute approximate surface area is 94.2 Å². The molecule has 0 aromatic heterocycles. The van der Waals surface area contributed by atoms with Crippen LogP contribution < -0.4 is 0 Å². The number of aliphatic imine (C=N–C) groups is 1. The highest BCUT2D eigenvalue weighted by Crippen LogP contribution is 2.48. The summed E-state index contributed by atoms with van der Waals surface area (Å²) in [6.45, 7) is 8.86. The second kappa shape index (κ2) is 3.49. The summed E-state index contributed by atoms with van der Waals surface area (Å²) in [5.74, 6) is 0. The van der Waals surface area contributed by atoms with Gasteiger partial charge in [0.15, 0.2) is 5.17 Å². The van der Waals surface area contributed by atoms with E-state index in [-0.39, 0.29) is 5.41 Å². The monoisotopic (exact) mass is 228 g/mol. The first kappa shape index (κ1) is 10.4. The average molecular weight is 228 g/mol. The lowest BCUT2D eigenvalue weighted by Crippen LogP contribution is -2.28. The van der Waals surface area contributed by atoms with E-state index in [1.807, 2.05) is 23.5 Å². The van der Waals surface area contributed by atoms with Crippen molar-refractivity contribution in [2.45, 2.75) is 20.8 Å². The van der Waals surface area contributed by atoms with Crippen LogP contribution in [0.15, 0.2) is 14.9 Å². The number of amidine groups is 1. The molecule has 2 heterocycles. The van der Waals surface area contributed by atoms with Crippen molar-refractivity contribution >= 4 is 28.7 Å². The number of nitrogens with zero attached hydrogens (tertiary/aromatic N) is 2. The third-order valence-electron chi connectivity index (χ3n) is 2.34. The highest BCUT2D eigenvalue weighted by molar-refractivity contribution is 8.29. The van der Waals surface area contributed by atoms with E-state index in [2.05, 4.69) is 36.9 Å². The molecule has 0 aliphatic carbocycles. The molecule has 2 nitrogen and oxygen atoms in total. The molecule has 2 rings (SSSR count). The van der Waals surface area contributed by atoms with E-state index in [0.29, 0.717) is 0 Å². The first-order chi connectivity index (χ1) is 6.54. The zero-order valence-corrected chi connectivity index (χ0v) is 10.8. The van der Waals surface area contributed by atoms with Crippen molar-refractivity contribution in [3.63, 3.8) is 0 Å². The summed E-state index contributed by atoms with van der Waals surface area (Å²) in [7, 11) is 0. The summed E-state index contributed by atoms with van der Waals surface area (Å²) < 4.78 is 1.43. The van der Waals surface area contributed by atoms with Gasteiger partial charge in [0.2, 0.25) is 0 Å². The Balaban J connectivity index is 2.38. The van der Waals surface area contributed by atoms with Gasteiger partial charge in [0.1, 0.15) is 0 Å². The summed E-state index contributed by atoms with van der Waals surface area (Å²) in [5.41, 5.74) is 1.69. The molecule has 0 spiro atoms. The average Bonchev–Trinajstić information content (AvgIpc) is 2.57. The van der Waals surface area contributed by atoms with E-state index >= 15 is 0 Å². The highest BCUT2D eigenvalue weighted by Gasteiger charge is 2.37. The second-order valence-corrected chi connectivity index (χ2v) is 6.56. The minimum atomic E-state index is 0.229. The molecule has 0 aromatic carbocycles. The molecule has 0 aromatic rings. The summed E-state index contributed by atoms with van der Waals surface area (Å²) in [5, 5.41) is 1.21. The lowest BCUT2D eigenvalue weighted by atomic mass is 9.92. The fraction of sp³-hybridized carbons (Fsp3) is 0.700. The predicted octanol–water partition coefficient (Wildman–Crippen LogP) is 2.98. The first-order valence-corrected chi connectivity index (χ1v) is 6.87. The van der Waals surface area contributed by atoms with Crippen molar-refractivity contribution in [3.8, 4) is 0 Å². The van der Waals surface area contributed by atoms with Crippen LogP contribution in [0.5, 0.6) is 0 Å². The van der Waals surface area contributed by atoms with Crippen LogP contribution in [0.2, 0.25) is 0 Å². The zero-order valence-electron chi connectivity index (χ0n) is 9.13. The Kier molecular flexibility index (Phi) is 2.60. The third-order valence-corrected chi connectivity index (χ3v) is 4.57. The molecule has 0 atom stereocenters. The SMILES string of the molecule is CSC1=C(C(C)(C)C)N2CCN=C2S1. The summed E-state index contributed by atoms with van der Waals surface area (Å²) >= 11 is 3.68. The number of rotatable bonds is 1. The van der Waals surface area contributed by atoms with Crippen molar-refractivity contribution in [2.75, 3.05) is 19.3 Å². The summed E-state index contributed by atoms with van der Waals surface area (Å²) in [6, 6.07) is 0. The molecular formula is C10H16N2S2. The van der Waals surface area contributed by atoms with Crippen LogP contribution in [0, 0.1) is 5.41 Å². The molecule has 0 saturated heterocycles. The number of hydrogen-bond donors (Lipinski definition) is 0. The second-order valence-electron chi connectivity index (χ2n) is 4.51. The van der Waals surface area contributed by atoms with E-state index in [1.54, 1.807) is 0 Å². The molecule has 4 heteroatoms. The molecule has 78 valence electrons. The third kappa shape index (κ3) is 1.58. The Morgan fingerprint density at radius 3 is 2.71 bits per heavy atom. The Morgan fingerprint density at radius 2 is 2.14 bits per heavy atom. The maximum absolute atomic E-state index is 4.51. The van der Waals surface area contributed by atoms with Gasteiger partial charge in [-0.1, -0.05) is 20.8 Å². The standard InChI is InChI=1S/C10H16N2S2/c1-10(2,3)7-8(13-4)14-9-11-5-6-12(7)9/h5-6H2,1-4H3. The molecule has 0 amide bonds. The lowest BCUT2D eigenvalue weighted by Gasteiger charge is -2.28. The predicted molar refractivity (Wildman–Crippen MR) is 66.6 cm³/mol. The zero-order chi connectivity index (χ0) is 10.3. The molecule has 2 aliphatic heterocycles. The Bertz CT molecular complexity index is 313. The van der Waals surface area contributed by atoms with E-state index < -0.39 is 0 Å². The molecule has 0 saturated carbocycles. The Hall–Kier alpha value is -0.0900. The molecule has 14 heavy (non-hydrogen) atoms. The minimum Gasteiger partial charge on any atom is -0.321 e. The molecule has 0 radical (unpaired) electrons.